The maximum Gasteiger partial charge on any atom is 0.202 e. The lowest BCUT2D eigenvalue weighted by Crippen LogP contribution is -2.22. The molecule has 0 unspecified atom stereocenters. The number of halogens is 1. The molecule has 1 heterocycles. The number of benzene rings is 1. The van der Waals surface area contributed by atoms with Crippen molar-refractivity contribution in [1.29, 1.82) is 5.41 Å². The molecule has 0 spiro atoms. The Morgan fingerprint density at radius 2 is 2.19 bits per heavy atom. The number of nitrogens with one attached hydrogen (secondary N) is 3. The summed E-state index contributed by atoms with van der Waals surface area (Å²) in [7, 11) is 0. The fraction of sp³-hybridized carbons (Fsp3) is 0.353. The third-order valence-electron chi connectivity index (χ3n) is 3.63. The molecule has 1 aromatic carbocycles. The topological polar surface area (TPSA) is 136 Å². The van der Waals surface area contributed by atoms with Gasteiger partial charge in [-0.15, -0.1) is 0 Å². The number of hydroxylamine groups is 1. The first kappa shape index (κ1) is 20.7. The lowest BCUT2D eigenvalue weighted by molar-refractivity contribution is -0.115. The van der Waals surface area contributed by atoms with E-state index in [4.69, 9.17) is 10.0 Å². The largest absolute Gasteiger partial charge is 0.365 e. The van der Waals surface area contributed by atoms with Gasteiger partial charge in [0.15, 0.2) is 11.5 Å². The summed E-state index contributed by atoms with van der Waals surface area (Å²) in [5.74, 6) is 0.381. The summed E-state index contributed by atoms with van der Waals surface area (Å²) >= 11 is 3.44. The van der Waals surface area contributed by atoms with Crippen molar-refractivity contribution in [2.24, 2.45) is 4.99 Å². The predicted octanol–water partition coefficient (Wildman–Crippen LogP) is 3.39. The third kappa shape index (κ3) is 6.26. The Morgan fingerprint density at radius 1 is 1.41 bits per heavy atom. The Hall–Kier alpha value is -2.59. The van der Waals surface area contributed by atoms with Crippen LogP contribution in [0, 0.1) is 12.3 Å². The van der Waals surface area contributed by atoms with Crippen molar-refractivity contribution >= 4 is 44.8 Å². The second kappa shape index (κ2) is 9.93. The Labute approximate surface area is 164 Å². The number of aryl methyl sites for hydroxylation is 1. The minimum absolute atomic E-state index is 0.0198. The van der Waals surface area contributed by atoms with E-state index in [1.165, 1.54) is 6.92 Å². The van der Waals surface area contributed by atoms with Crippen LogP contribution in [-0.2, 0) is 4.79 Å². The Kier molecular flexibility index (Phi) is 7.62. The number of hydrogen-bond donors (Lipinski definition) is 4. The van der Waals surface area contributed by atoms with Crippen molar-refractivity contribution < 1.29 is 14.6 Å². The van der Waals surface area contributed by atoms with E-state index in [1.807, 2.05) is 24.5 Å². The molecular weight excluding hydrogens is 416 g/mol. The first-order chi connectivity index (χ1) is 12.9. The van der Waals surface area contributed by atoms with Crippen molar-refractivity contribution in [3.8, 4) is 0 Å². The van der Waals surface area contributed by atoms with E-state index in [9.17, 15) is 10.0 Å². The number of amidine groups is 1. The van der Waals surface area contributed by atoms with Gasteiger partial charge in [-0.2, -0.15) is 0 Å². The molecule has 0 bridgehead atoms. The second-order valence-corrected chi connectivity index (χ2v) is 6.83. The molecule has 10 heteroatoms. The number of hydrogen-bond acceptors (Lipinski definition) is 8. The van der Waals surface area contributed by atoms with Crippen molar-refractivity contribution in [3.63, 3.8) is 0 Å². The summed E-state index contributed by atoms with van der Waals surface area (Å²) in [6.45, 7) is 3.92. The molecule has 0 amide bonds. The predicted molar refractivity (Wildman–Crippen MR) is 105 cm³/mol. The summed E-state index contributed by atoms with van der Waals surface area (Å²) in [6.07, 6.45) is 1.32. The maximum atomic E-state index is 11.0. The monoisotopic (exact) mass is 436 g/mol. The van der Waals surface area contributed by atoms with E-state index in [2.05, 4.69) is 36.6 Å². The fourth-order valence-electron chi connectivity index (χ4n) is 2.27. The number of carbonyl (C=O) groups excluding carboxylic acids is 1. The number of carbonyl (C=O) groups is 1. The summed E-state index contributed by atoms with van der Waals surface area (Å²) in [5, 5.41) is 27.7. The van der Waals surface area contributed by atoms with Gasteiger partial charge >= 0.3 is 0 Å². The zero-order chi connectivity index (χ0) is 19.8. The molecule has 2 aromatic rings. The molecule has 0 saturated heterocycles. The zero-order valence-electron chi connectivity index (χ0n) is 15.0. The lowest BCUT2D eigenvalue weighted by atomic mass is 10.1. The van der Waals surface area contributed by atoms with Crippen LogP contribution in [0.2, 0.25) is 0 Å². The molecule has 144 valence electrons. The summed E-state index contributed by atoms with van der Waals surface area (Å²) in [5.41, 5.74) is 4.31. The molecule has 0 saturated carbocycles. The number of ketones is 1. The van der Waals surface area contributed by atoms with Gasteiger partial charge in [0.2, 0.25) is 5.82 Å². The van der Waals surface area contributed by atoms with Crippen LogP contribution in [0.4, 0.5) is 11.5 Å². The Morgan fingerprint density at radius 3 is 2.85 bits per heavy atom. The van der Waals surface area contributed by atoms with E-state index >= 15 is 0 Å². The quantitative estimate of drug-likeness (QED) is 0.204. The van der Waals surface area contributed by atoms with Gasteiger partial charge in [-0.25, -0.2) is 9.62 Å². The zero-order valence-corrected chi connectivity index (χ0v) is 16.6. The number of Topliss-reactive ketones (excluding diaryl/α,β-unsaturated/α-hetero) is 1. The lowest BCUT2D eigenvalue weighted by Gasteiger charge is -2.06. The highest BCUT2D eigenvalue weighted by Crippen LogP contribution is 2.23. The van der Waals surface area contributed by atoms with Crippen molar-refractivity contribution in [2.45, 2.75) is 33.1 Å². The molecule has 27 heavy (non-hydrogen) atoms. The molecular formula is C17H21BrN6O3. The highest BCUT2D eigenvalue weighted by Gasteiger charge is 2.16. The summed E-state index contributed by atoms with van der Waals surface area (Å²) in [6, 6.07) is 5.51. The molecule has 0 radical (unpaired) electrons. The van der Waals surface area contributed by atoms with Gasteiger partial charge in [0.05, 0.1) is 5.69 Å². The molecule has 1 aromatic heterocycles. The average molecular weight is 437 g/mol. The average Bonchev–Trinajstić information content (AvgIpc) is 3.07. The summed E-state index contributed by atoms with van der Waals surface area (Å²) in [4.78, 5) is 15.3. The molecule has 2 rings (SSSR count). The summed E-state index contributed by atoms with van der Waals surface area (Å²) < 4.78 is 5.64. The Bertz CT molecular complexity index is 849. The normalized spacial score (nSPS) is 11.3. The van der Waals surface area contributed by atoms with Crippen LogP contribution in [0.5, 0.6) is 0 Å². The highest BCUT2D eigenvalue weighted by molar-refractivity contribution is 9.10. The standard InChI is InChI=1S/C17H21BrN6O3/c1-10-5-6-13(9-14(10)18)21-17(22-26)15-16(24-27-23-15)20-7-3-4-12(19)8-11(2)25/h5-6,9,19,26H,3-4,7-8H2,1-2H3,(H,20,24)(H,21,22). The van der Waals surface area contributed by atoms with Crippen LogP contribution in [0.1, 0.15) is 37.4 Å². The van der Waals surface area contributed by atoms with E-state index in [0.29, 0.717) is 36.6 Å². The fourth-order valence-corrected chi connectivity index (χ4v) is 2.64. The third-order valence-corrected chi connectivity index (χ3v) is 4.48. The highest BCUT2D eigenvalue weighted by atomic mass is 79.9. The Balaban J connectivity index is 2.03. The molecule has 9 nitrogen and oxygen atoms in total. The number of rotatable bonds is 9. The minimum Gasteiger partial charge on any atom is -0.365 e. The van der Waals surface area contributed by atoms with Crippen LogP contribution in [-0.4, -0.2) is 39.4 Å². The van der Waals surface area contributed by atoms with Gasteiger partial charge in [0.1, 0.15) is 5.78 Å². The molecule has 0 fully saturated rings. The van der Waals surface area contributed by atoms with Crippen LogP contribution in [0.15, 0.2) is 32.3 Å². The van der Waals surface area contributed by atoms with E-state index in [0.717, 1.165) is 10.0 Å². The van der Waals surface area contributed by atoms with Crippen LogP contribution in [0.25, 0.3) is 0 Å². The van der Waals surface area contributed by atoms with Crippen molar-refractivity contribution in [1.82, 2.24) is 15.8 Å². The molecule has 0 aliphatic heterocycles. The molecule has 0 aliphatic carbocycles. The first-order valence-electron chi connectivity index (χ1n) is 8.28. The van der Waals surface area contributed by atoms with Gasteiger partial charge in [-0.3, -0.25) is 15.5 Å². The SMILES string of the molecule is CC(=O)CC(=N)CCCNc1nonc1C(=Nc1ccc(C)c(Br)c1)NO. The van der Waals surface area contributed by atoms with Crippen LogP contribution in [0.3, 0.4) is 0 Å². The maximum absolute atomic E-state index is 11.0. The molecule has 4 N–H and O–H groups in total. The van der Waals surface area contributed by atoms with E-state index in [-0.39, 0.29) is 23.7 Å². The van der Waals surface area contributed by atoms with E-state index in [1.54, 1.807) is 6.07 Å². The first-order valence-corrected chi connectivity index (χ1v) is 9.07. The number of nitrogens with zero attached hydrogens (tertiary/aromatic N) is 3. The number of aliphatic imine (C=N–C) groups is 1. The van der Waals surface area contributed by atoms with Gasteiger partial charge in [0.25, 0.3) is 0 Å². The van der Waals surface area contributed by atoms with Crippen molar-refractivity contribution in [2.75, 3.05) is 11.9 Å². The van der Waals surface area contributed by atoms with Gasteiger partial charge in [-0.05, 0) is 54.7 Å². The van der Waals surface area contributed by atoms with Crippen LogP contribution >= 0.6 is 15.9 Å². The van der Waals surface area contributed by atoms with Gasteiger partial charge in [-0.1, -0.05) is 22.0 Å². The minimum atomic E-state index is -0.0198. The van der Waals surface area contributed by atoms with Crippen LogP contribution < -0.4 is 10.8 Å². The van der Waals surface area contributed by atoms with E-state index < -0.39 is 0 Å². The molecule has 0 atom stereocenters. The smallest absolute Gasteiger partial charge is 0.202 e. The van der Waals surface area contributed by atoms with Crippen molar-refractivity contribution in [3.05, 3.63) is 33.9 Å². The number of aromatic nitrogens is 2. The van der Waals surface area contributed by atoms with Gasteiger partial charge in [0, 0.05) is 23.1 Å². The second-order valence-electron chi connectivity index (χ2n) is 5.98. The number of anilines is 1. The molecule has 0 aliphatic rings. The van der Waals surface area contributed by atoms with Gasteiger partial charge < -0.3 is 10.7 Å².